The number of hydrogen-bond acceptors (Lipinski definition) is 1. The van der Waals surface area contributed by atoms with Crippen molar-refractivity contribution in [3.05, 3.63) is 34.4 Å². The van der Waals surface area contributed by atoms with Gasteiger partial charge in [0, 0.05) is 40.1 Å². The van der Waals surface area contributed by atoms with Crippen LogP contribution in [-0.4, -0.2) is 16.3 Å². The van der Waals surface area contributed by atoms with E-state index < -0.39 is 0 Å². The summed E-state index contributed by atoms with van der Waals surface area (Å²) in [4.78, 5) is 0. The van der Waals surface area contributed by atoms with E-state index in [4.69, 9.17) is 5.11 Å². The molecule has 0 aliphatic carbocycles. The highest BCUT2D eigenvalue weighted by Crippen LogP contribution is 2.29. The number of aliphatic hydroxyl groups excluding tert-OH is 1. The van der Waals surface area contributed by atoms with Gasteiger partial charge in [0.15, 0.2) is 0 Å². The predicted molar refractivity (Wildman–Crippen MR) is 70.8 cm³/mol. The SMILES string of the molecule is CC(C)n1c(CCO)cc2c(Br)cccc21. The van der Waals surface area contributed by atoms with Crippen LogP contribution < -0.4 is 0 Å². The lowest BCUT2D eigenvalue weighted by Gasteiger charge is -2.14. The molecule has 1 aromatic carbocycles. The summed E-state index contributed by atoms with van der Waals surface area (Å²) < 4.78 is 3.40. The van der Waals surface area contributed by atoms with Gasteiger partial charge in [0.2, 0.25) is 0 Å². The molecule has 0 saturated heterocycles. The van der Waals surface area contributed by atoms with Gasteiger partial charge in [-0.05, 0) is 32.0 Å². The number of nitrogens with zero attached hydrogens (tertiary/aromatic N) is 1. The van der Waals surface area contributed by atoms with E-state index in [0.717, 1.165) is 4.47 Å². The van der Waals surface area contributed by atoms with Crippen LogP contribution in [-0.2, 0) is 6.42 Å². The lowest BCUT2D eigenvalue weighted by Crippen LogP contribution is -2.06. The molecule has 3 heteroatoms. The standard InChI is InChI=1S/C13H16BrNO/c1-9(2)15-10(6-7-16)8-11-12(14)4-3-5-13(11)15/h3-5,8-9,16H,6-7H2,1-2H3. The Hall–Kier alpha value is -0.800. The average Bonchev–Trinajstić information content (AvgIpc) is 2.58. The van der Waals surface area contributed by atoms with E-state index in [-0.39, 0.29) is 6.61 Å². The fraction of sp³-hybridized carbons (Fsp3) is 0.385. The molecule has 0 atom stereocenters. The minimum atomic E-state index is 0.195. The smallest absolute Gasteiger partial charge is 0.0496 e. The maximum Gasteiger partial charge on any atom is 0.0496 e. The van der Waals surface area contributed by atoms with Crippen LogP contribution >= 0.6 is 15.9 Å². The molecule has 0 spiro atoms. The minimum absolute atomic E-state index is 0.195. The van der Waals surface area contributed by atoms with E-state index in [0.29, 0.717) is 12.5 Å². The predicted octanol–water partition coefficient (Wildman–Crippen LogP) is 3.52. The first-order valence-electron chi connectivity index (χ1n) is 5.54. The third kappa shape index (κ3) is 1.89. The van der Waals surface area contributed by atoms with Gasteiger partial charge >= 0.3 is 0 Å². The molecule has 0 aliphatic rings. The van der Waals surface area contributed by atoms with Gasteiger partial charge in [-0.1, -0.05) is 22.0 Å². The van der Waals surface area contributed by atoms with Crippen molar-refractivity contribution in [2.45, 2.75) is 26.3 Å². The molecular weight excluding hydrogens is 266 g/mol. The molecule has 0 bridgehead atoms. The van der Waals surface area contributed by atoms with Gasteiger partial charge in [-0.2, -0.15) is 0 Å². The number of halogens is 1. The maximum atomic E-state index is 9.10. The van der Waals surface area contributed by atoms with Crippen molar-refractivity contribution in [3.8, 4) is 0 Å². The van der Waals surface area contributed by atoms with Crippen molar-refractivity contribution >= 4 is 26.8 Å². The molecule has 0 aliphatic heterocycles. The molecule has 0 unspecified atom stereocenters. The molecule has 0 saturated carbocycles. The third-order valence-corrected chi connectivity index (χ3v) is 3.49. The molecule has 2 rings (SSSR count). The van der Waals surface area contributed by atoms with Gasteiger partial charge in [-0.25, -0.2) is 0 Å². The molecule has 0 radical (unpaired) electrons. The third-order valence-electron chi connectivity index (χ3n) is 2.79. The van der Waals surface area contributed by atoms with Crippen LogP contribution in [0.15, 0.2) is 28.7 Å². The first-order chi connectivity index (χ1) is 7.65. The van der Waals surface area contributed by atoms with Crippen LogP contribution in [0.2, 0.25) is 0 Å². The van der Waals surface area contributed by atoms with E-state index in [1.165, 1.54) is 16.6 Å². The highest BCUT2D eigenvalue weighted by molar-refractivity contribution is 9.10. The quantitative estimate of drug-likeness (QED) is 0.915. The highest BCUT2D eigenvalue weighted by atomic mass is 79.9. The number of fused-ring (bicyclic) bond motifs is 1. The number of benzene rings is 1. The van der Waals surface area contributed by atoms with Gasteiger partial charge in [0.05, 0.1) is 0 Å². The molecule has 86 valence electrons. The van der Waals surface area contributed by atoms with Crippen molar-refractivity contribution in [2.75, 3.05) is 6.61 Å². The summed E-state index contributed by atoms with van der Waals surface area (Å²) in [7, 11) is 0. The largest absolute Gasteiger partial charge is 0.396 e. The van der Waals surface area contributed by atoms with Crippen LogP contribution in [0.4, 0.5) is 0 Å². The van der Waals surface area contributed by atoms with E-state index in [9.17, 15) is 0 Å². The summed E-state index contributed by atoms with van der Waals surface area (Å²) in [5.74, 6) is 0. The summed E-state index contributed by atoms with van der Waals surface area (Å²) in [5, 5.41) is 10.3. The molecule has 1 N–H and O–H groups in total. The zero-order chi connectivity index (χ0) is 11.7. The fourth-order valence-electron chi connectivity index (χ4n) is 2.19. The highest BCUT2D eigenvalue weighted by Gasteiger charge is 2.12. The number of hydrogen-bond donors (Lipinski definition) is 1. The molecule has 16 heavy (non-hydrogen) atoms. The number of rotatable bonds is 3. The Balaban J connectivity index is 2.70. The summed E-state index contributed by atoms with van der Waals surface area (Å²) >= 11 is 3.57. The van der Waals surface area contributed by atoms with Crippen molar-refractivity contribution in [1.82, 2.24) is 4.57 Å². The van der Waals surface area contributed by atoms with Crippen molar-refractivity contribution in [1.29, 1.82) is 0 Å². The van der Waals surface area contributed by atoms with E-state index in [1.807, 2.05) is 6.07 Å². The molecule has 2 nitrogen and oxygen atoms in total. The normalized spacial score (nSPS) is 11.6. The minimum Gasteiger partial charge on any atom is -0.396 e. The van der Waals surface area contributed by atoms with Gasteiger partial charge in [-0.15, -0.1) is 0 Å². The summed E-state index contributed by atoms with van der Waals surface area (Å²) in [6.07, 6.45) is 0.708. The topological polar surface area (TPSA) is 25.2 Å². The molecule has 0 amide bonds. The maximum absolute atomic E-state index is 9.10. The van der Waals surface area contributed by atoms with Gasteiger partial charge < -0.3 is 9.67 Å². The molecule has 1 heterocycles. The Labute approximate surface area is 104 Å². The Bertz CT molecular complexity index is 502. The van der Waals surface area contributed by atoms with Crippen LogP contribution in [0.5, 0.6) is 0 Å². The second-order valence-electron chi connectivity index (χ2n) is 4.25. The van der Waals surface area contributed by atoms with Gasteiger partial charge in [-0.3, -0.25) is 0 Å². The van der Waals surface area contributed by atoms with Crippen molar-refractivity contribution in [2.24, 2.45) is 0 Å². The monoisotopic (exact) mass is 281 g/mol. The van der Waals surface area contributed by atoms with Gasteiger partial charge in [0.25, 0.3) is 0 Å². The van der Waals surface area contributed by atoms with E-state index >= 15 is 0 Å². The van der Waals surface area contributed by atoms with Crippen LogP contribution in [0.3, 0.4) is 0 Å². The number of aromatic nitrogens is 1. The second kappa shape index (κ2) is 4.60. The number of aliphatic hydroxyl groups is 1. The summed E-state index contributed by atoms with van der Waals surface area (Å²) in [5.41, 5.74) is 2.42. The van der Waals surface area contributed by atoms with E-state index in [1.54, 1.807) is 0 Å². The lowest BCUT2D eigenvalue weighted by molar-refractivity contribution is 0.296. The lowest BCUT2D eigenvalue weighted by atomic mass is 10.2. The summed E-state index contributed by atoms with van der Waals surface area (Å²) in [6.45, 7) is 4.53. The Morgan fingerprint density at radius 3 is 2.75 bits per heavy atom. The van der Waals surface area contributed by atoms with Crippen molar-refractivity contribution in [3.63, 3.8) is 0 Å². The summed E-state index contributed by atoms with van der Waals surface area (Å²) in [6, 6.07) is 8.80. The molecule has 0 fully saturated rings. The van der Waals surface area contributed by atoms with Crippen molar-refractivity contribution < 1.29 is 5.11 Å². The Kier molecular flexibility index (Phi) is 3.36. The Morgan fingerprint density at radius 2 is 2.12 bits per heavy atom. The molecule has 1 aromatic heterocycles. The second-order valence-corrected chi connectivity index (χ2v) is 5.10. The average molecular weight is 282 g/mol. The zero-order valence-corrected chi connectivity index (χ0v) is 11.2. The van der Waals surface area contributed by atoms with E-state index in [2.05, 4.69) is 52.5 Å². The van der Waals surface area contributed by atoms with Crippen LogP contribution in [0.1, 0.15) is 25.6 Å². The molecular formula is C13H16BrNO. The Morgan fingerprint density at radius 1 is 1.38 bits per heavy atom. The van der Waals surface area contributed by atoms with Crippen LogP contribution in [0, 0.1) is 0 Å². The first kappa shape index (κ1) is 11.7. The first-order valence-corrected chi connectivity index (χ1v) is 6.33. The van der Waals surface area contributed by atoms with Gasteiger partial charge in [0.1, 0.15) is 0 Å². The zero-order valence-electron chi connectivity index (χ0n) is 9.57. The fourth-order valence-corrected chi connectivity index (χ4v) is 2.66. The van der Waals surface area contributed by atoms with Crippen LogP contribution in [0.25, 0.3) is 10.9 Å². The molecule has 2 aromatic rings.